The molecule has 21 heavy (non-hydrogen) atoms. The maximum Gasteiger partial charge on any atom is 0.317 e. The van der Waals surface area contributed by atoms with E-state index < -0.39 is 0 Å². The fraction of sp³-hybridized carbons (Fsp3) is 0.562. The fourth-order valence-electron chi connectivity index (χ4n) is 2.46. The zero-order valence-electron chi connectivity index (χ0n) is 13.1. The van der Waals surface area contributed by atoms with Gasteiger partial charge in [0.05, 0.1) is 13.2 Å². The number of benzene rings is 1. The molecule has 1 aromatic carbocycles. The first-order valence-corrected chi connectivity index (χ1v) is 7.33. The highest BCUT2D eigenvalue weighted by Gasteiger charge is 2.35. The van der Waals surface area contributed by atoms with Crippen molar-refractivity contribution in [2.24, 2.45) is 5.41 Å². The van der Waals surface area contributed by atoms with Gasteiger partial charge in [0.2, 0.25) is 0 Å². The monoisotopic (exact) mass is 291 g/mol. The van der Waals surface area contributed by atoms with Crippen LogP contribution in [0.5, 0.6) is 0 Å². The number of likely N-dealkylation sites (N-methyl/N-ethyl adjacent to an activating group) is 1. The summed E-state index contributed by atoms with van der Waals surface area (Å²) >= 11 is 0. The molecule has 0 aromatic heterocycles. The Labute approximate surface area is 126 Å². The molecule has 116 valence electrons. The number of ether oxygens (including phenoxy) is 1. The number of nitrogens with one attached hydrogen (secondary N) is 1. The highest BCUT2D eigenvalue weighted by atomic mass is 16.5. The predicted molar refractivity (Wildman–Crippen MR) is 84.7 cm³/mol. The number of anilines is 1. The molecule has 1 saturated heterocycles. The summed E-state index contributed by atoms with van der Waals surface area (Å²) in [5.41, 5.74) is 1.27. The van der Waals surface area contributed by atoms with Crippen molar-refractivity contribution in [2.45, 2.75) is 6.92 Å². The molecule has 0 spiro atoms. The first kappa shape index (κ1) is 15.6. The number of carbonyl (C=O) groups is 1. The van der Waals surface area contributed by atoms with E-state index in [9.17, 15) is 4.79 Å². The van der Waals surface area contributed by atoms with Crippen LogP contribution in [0, 0.1) is 5.41 Å². The van der Waals surface area contributed by atoms with Crippen molar-refractivity contribution in [3.8, 4) is 0 Å². The van der Waals surface area contributed by atoms with Crippen LogP contribution in [-0.2, 0) is 4.74 Å². The SMILES string of the molecule is CN(CC1(C)COC1)C(=O)NCCN(C)c1ccccc1. The molecular formula is C16H25N3O2. The van der Waals surface area contributed by atoms with Crippen LogP contribution in [0.15, 0.2) is 30.3 Å². The molecule has 0 saturated carbocycles. The number of urea groups is 1. The van der Waals surface area contributed by atoms with E-state index in [1.54, 1.807) is 4.90 Å². The third kappa shape index (κ3) is 4.36. The molecule has 1 aliphatic rings. The average Bonchev–Trinajstić information content (AvgIpc) is 2.46. The molecule has 2 amide bonds. The van der Waals surface area contributed by atoms with Crippen LogP contribution < -0.4 is 10.2 Å². The molecule has 5 heteroatoms. The van der Waals surface area contributed by atoms with Crippen LogP contribution in [0.25, 0.3) is 0 Å². The van der Waals surface area contributed by atoms with E-state index in [1.165, 1.54) is 0 Å². The average molecular weight is 291 g/mol. The molecule has 1 aliphatic heterocycles. The molecule has 1 heterocycles. The summed E-state index contributed by atoms with van der Waals surface area (Å²) in [5.74, 6) is 0. The maximum absolute atomic E-state index is 12.0. The second-order valence-corrected chi connectivity index (χ2v) is 6.15. The lowest BCUT2D eigenvalue weighted by Gasteiger charge is -2.40. The number of hydrogen-bond acceptors (Lipinski definition) is 3. The van der Waals surface area contributed by atoms with Gasteiger partial charge in [0, 0.05) is 44.8 Å². The summed E-state index contributed by atoms with van der Waals surface area (Å²) < 4.78 is 5.22. The Morgan fingerprint density at radius 1 is 1.29 bits per heavy atom. The van der Waals surface area contributed by atoms with Gasteiger partial charge in [-0.2, -0.15) is 0 Å². The smallest absolute Gasteiger partial charge is 0.317 e. The molecule has 0 aliphatic carbocycles. The van der Waals surface area contributed by atoms with Gasteiger partial charge in [-0.1, -0.05) is 25.1 Å². The van der Waals surface area contributed by atoms with E-state index in [2.05, 4.69) is 29.3 Å². The minimum atomic E-state index is -0.0235. The molecule has 0 radical (unpaired) electrons. The molecule has 5 nitrogen and oxygen atoms in total. The second kappa shape index (κ2) is 6.80. The summed E-state index contributed by atoms with van der Waals surface area (Å²) in [4.78, 5) is 15.9. The summed E-state index contributed by atoms with van der Waals surface area (Å²) in [6, 6.07) is 10.1. The molecule has 2 rings (SSSR count). The zero-order valence-corrected chi connectivity index (χ0v) is 13.1. The third-order valence-electron chi connectivity index (χ3n) is 3.79. The van der Waals surface area contributed by atoms with Crippen molar-refractivity contribution in [1.82, 2.24) is 10.2 Å². The summed E-state index contributed by atoms with van der Waals surface area (Å²) in [6.45, 7) is 5.76. The Hall–Kier alpha value is -1.75. The van der Waals surface area contributed by atoms with Crippen LogP contribution in [-0.4, -0.2) is 57.9 Å². The van der Waals surface area contributed by atoms with Crippen molar-refractivity contribution in [1.29, 1.82) is 0 Å². The molecule has 0 unspecified atom stereocenters. The molecule has 0 atom stereocenters. The maximum atomic E-state index is 12.0. The van der Waals surface area contributed by atoms with Gasteiger partial charge >= 0.3 is 6.03 Å². The molecule has 0 bridgehead atoms. The quantitative estimate of drug-likeness (QED) is 0.869. The van der Waals surface area contributed by atoms with Gasteiger partial charge in [0.25, 0.3) is 0 Å². The summed E-state index contributed by atoms with van der Waals surface area (Å²) in [6.07, 6.45) is 0. The Balaban J connectivity index is 1.69. The minimum Gasteiger partial charge on any atom is -0.380 e. The van der Waals surface area contributed by atoms with Crippen LogP contribution in [0.1, 0.15) is 6.92 Å². The number of para-hydroxylation sites is 1. The van der Waals surface area contributed by atoms with Crippen LogP contribution in [0.3, 0.4) is 0 Å². The highest BCUT2D eigenvalue weighted by molar-refractivity contribution is 5.73. The largest absolute Gasteiger partial charge is 0.380 e. The highest BCUT2D eigenvalue weighted by Crippen LogP contribution is 2.27. The number of hydrogen-bond donors (Lipinski definition) is 1. The van der Waals surface area contributed by atoms with Crippen molar-refractivity contribution in [3.63, 3.8) is 0 Å². The van der Waals surface area contributed by atoms with Gasteiger partial charge in [-0.05, 0) is 12.1 Å². The van der Waals surface area contributed by atoms with E-state index in [0.29, 0.717) is 6.54 Å². The lowest BCUT2D eigenvalue weighted by molar-refractivity contribution is -0.108. The van der Waals surface area contributed by atoms with Gasteiger partial charge in [-0.25, -0.2) is 4.79 Å². The van der Waals surface area contributed by atoms with Gasteiger partial charge in [0.15, 0.2) is 0 Å². The first-order valence-electron chi connectivity index (χ1n) is 7.33. The van der Waals surface area contributed by atoms with Gasteiger partial charge in [0.1, 0.15) is 0 Å². The Bertz CT molecular complexity index is 460. The zero-order chi connectivity index (χ0) is 15.3. The lowest BCUT2D eigenvalue weighted by Crippen LogP contribution is -2.51. The van der Waals surface area contributed by atoms with Crippen molar-refractivity contribution >= 4 is 11.7 Å². The van der Waals surface area contributed by atoms with E-state index in [4.69, 9.17) is 4.74 Å². The number of carbonyl (C=O) groups excluding carboxylic acids is 1. The van der Waals surface area contributed by atoms with Gasteiger partial charge in [-0.15, -0.1) is 0 Å². The summed E-state index contributed by atoms with van der Waals surface area (Å²) in [5, 5.41) is 2.96. The standard InChI is InChI=1S/C16H25N3O2/c1-16(12-21-13-16)11-19(3)15(20)17-9-10-18(2)14-7-5-4-6-8-14/h4-8H,9-13H2,1-3H3,(H,17,20). The Morgan fingerprint density at radius 2 is 1.95 bits per heavy atom. The van der Waals surface area contributed by atoms with E-state index in [1.807, 2.05) is 32.3 Å². The topological polar surface area (TPSA) is 44.8 Å². The van der Waals surface area contributed by atoms with Crippen LogP contribution >= 0.6 is 0 Å². The molecule has 1 fully saturated rings. The molecule has 1 aromatic rings. The number of rotatable bonds is 6. The van der Waals surface area contributed by atoms with E-state index >= 15 is 0 Å². The predicted octanol–water partition coefficient (Wildman–Crippen LogP) is 1.80. The van der Waals surface area contributed by atoms with E-state index in [-0.39, 0.29) is 11.4 Å². The Kier molecular flexibility index (Phi) is 5.07. The molecular weight excluding hydrogens is 266 g/mol. The Morgan fingerprint density at radius 3 is 2.52 bits per heavy atom. The first-order chi connectivity index (χ1) is 10.0. The van der Waals surface area contributed by atoms with Gasteiger partial charge in [-0.3, -0.25) is 0 Å². The summed E-state index contributed by atoms with van der Waals surface area (Å²) in [7, 11) is 3.86. The minimum absolute atomic E-state index is 0.0235. The van der Waals surface area contributed by atoms with Crippen molar-refractivity contribution < 1.29 is 9.53 Å². The van der Waals surface area contributed by atoms with E-state index in [0.717, 1.165) is 32.0 Å². The normalized spacial score (nSPS) is 16.0. The molecule has 1 N–H and O–H groups in total. The van der Waals surface area contributed by atoms with Crippen molar-refractivity contribution in [3.05, 3.63) is 30.3 Å². The fourth-order valence-corrected chi connectivity index (χ4v) is 2.46. The van der Waals surface area contributed by atoms with Crippen LogP contribution in [0.2, 0.25) is 0 Å². The lowest BCUT2D eigenvalue weighted by atomic mass is 9.88. The van der Waals surface area contributed by atoms with Crippen molar-refractivity contribution in [2.75, 3.05) is 51.8 Å². The van der Waals surface area contributed by atoms with Gasteiger partial charge < -0.3 is 19.9 Å². The number of amides is 2. The number of nitrogens with zero attached hydrogens (tertiary/aromatic N) is 2. The third-order valence-corrected chi connectivity index (χ3v) is 3.79. The van der Waals surface area contributed by atoms with Crippen LogP contribution in [0.4, 0.5) is 10.5 Å². The second-order valence-electron chi connectivity index (χ2n) is 6.15.